The van der Waals surface area contributed by atoms with Crippen LogP contribution in [0, 0.1) is 5.92 Å². The van der Waals surface area contributed by atoms with E-state index in [4.69, 9.17) is 4.42 Å². The van der Waals surface area contributed by atoms with E-state index < -0.39 is 0 Å². The Labute approximate surface area is 176 Å². The van der Waals surface area contributed by atoms with Gasteiger partial charge in [0.1, 0.15) is 5.76 Å². The molecule has 0 aromatic carbocycles. The number of carbonyl (C=O) groups excluding carboxylic acids is 2. The van der Waals surface area contributed by atoms with Crippen LogP contribution in [-0.2, 0) is 11.3 Å². The molecule has 0 N–H and O–H groups in total. The molecule has 30 heavy (non-hydrogen) atoms. The second kappa shape index (κ2) is 9.32. The first kappa shape index (κ1) is 20.4. The molecule has 0 atom stereocenters. The van der Waals surface area contributed by atoms with Crippen molar-refractivity contribution < 1.29 is 14.0 Å². The van der Waals surface area contributed by atoms with Crippen molar-refractivity contribution >= 4 is 11.8 Å². The summed E-state index contributed by atoms with van der Waals surface area (Å²) in [6, 6.07) is 8.37. The predicted molar refractivity (Wildman–Crippen MR) is 112 cm³/mol. The molecule has 7 nitrogen and oxygen atoms in total. The van der Waals surface area contributed by atoms with Crippen LogP contribution in [0.1, 0.15) is 54.8 Å². The molecule has 7 heteroatoms. The minimum Gasteiger partial charge on any atom is -0.454 e. The largest absolute Gasteiger partial charge is 0.454 e. The molecule has 0 aliphatic carbocycles. The lowest BCUT2D eigenvalue weighted by Gasteiger charge is -2.33. The second-order valence-electron chi connectivity index (χ2n) is 8.24. The zero-order valence-electron chi connectivity index (χ0n) is 17.3. The Morgan fingerprint density at radius 1 is 0.900 bits per heavy atom. The fourth-order valence-electron chi connectivity index (χ4n) is 4.37. The van der Waals surface area contributed by atoms with Gasteiger partial charge in [-0.3, -0.25) is 14.4 Å². The van der Waals surface area contributed by atoms with Crippen molar-refractivity contribution in [1.29, 1.82) is 0 Å². The molecule has 0 saturated carbocycles. The molecule has 160 valence electrons. The summed E-state index contributed by atoms with van der Waals surface area (Å²) in [7, 11) is 0. The van der Waals surface area contributed by atoms with Crippen molar-refractivity contribution in [2.75, 3.05) is 26.2 Å². The first-order valence-electron chi connectivity index (χ1n) is 10.9. The van der Waals surface area contributed by atoms with Gasteiger partial charge in [0.05, 0.1) is 6.54 Å². The Kier molecular flexibility index (Phi) is 6.35. The number of piperidine rings is 1. The van der Waals surface area contributed by atoms with E-state index in [1.807, 2.05) is 4.90 Å². The van der Waals surface area contributed by atoms with Gasteiger partial charge in [-0.2, -0.15) is 0 Å². The van der Waals surface area contributed by atoms with Crippen molar-refractivity contribution in [3.05, 3.63) is 58.4 Å². The third kappa shape index (κ3) is 4.66. The zero-order chi connectivity index (χ0) is 20.9. The summed E-state index contributed by atoms with van der Waals surface area (Å²) in [4.78, 5) is 41.3. The number of amides is 2. The van der Waals surface area contributed by atoms with Crippen molar-refractivity contribution in [3.8, 4) is 0 Å². The maximum Gasteiger partial charge on any atom is 0.289 e. The normalized spacial score (nSPS) is 18.3. The third-order valence-electron chi connectivity index (χ3n) is 6.15. The lowest BCUT2D eigenvalue weighted by atomic mass is 9.95. The number of hydrogen-bond acceptors (Lipinski definition) is 4. The molecule has 2 aliphatic heterocycles. The molecule has 0 unspecified atom stereocenters. The SMILES string of the molecule is O=C(c1ccc(Cn2ccccc2=O)o1)N1CCC(C(=O)N2CCCCCC2)CC1. The van der Waals surface area contributed by atoms with Gasteiger partial charge in [-0.15, -0.1) is 0 Å². The number of aromatic nitrogens is 1. The molecular formula is C23H29N3O4. The van der Waals surface area contributed by atoms with Crippen LogP contribution in [-0.4, -0.2) is 52.4 Å². The van der Waals surface area contributed by atoms with Gasteiger partial charge in [-0.1, -0.05) is 18.9 Å². The Morgan fingerprint density at radius 2 is 1.63 bits per heavy atom. The smallest absolute Gasteiger partial charge is 0.289 e. The monoisotopic (exact) mass is 411 g/mol. The first-order valence-corrected chi connectivity index (χ1v) is 10.9. The molecule has 2 aromatic rings. The van der Waals surface area contributed by atoms with Gasteiger partial charge < -0.3 is 18.8 Å². The number of carbonyl (C=O) groups is 2. The van der Waals surface area contributed by atoms with Gasteiger partial charge in [-0.25, -0.2) is 0 Å². The van der Waals surface area contributed by atoms with Crippen LogP contribution in [0.15, 0.2) is 45.7 Å². The summed E-state index contributed by atoms with van der Waals surface area (Å²) in [5.74, 6) is 0.980. The molecule has 0 radical (unpaired) electrons. The van der Waals surface area contributed by atoms with Crippen molar-refractivity contribution in [3.63, 3.8) is 0 Å². The summed E-state index contributed by atoms with van der Waals surface area (Å²) in [5, 5.41) is 0. The van der Waals surface area contributed by atoms with Crippen LogP contribution in [0.2, 0.25) is 0 Å². The minimum atomic E-state index is -0.151. The molecule has 2 amide bonds. The van der Waals surface area contributed by atoms with Crippen molar-refractivity contribution in [2.45, 2.75) is 45.1 Å². The standard InChI is InChI=1S/C23H29N3O4/c27-21-7-3-6-14-26(21)17-19-8-9-20(30-19)23(29)25-15-10-18(11-16-25)22(28)24-12-4-1-2-5-13-24/h3,6-9,14,18H,1-2,4-5,10-13,15-17H2. The van der Waals surface area contributed by atoms with Crippen LogP contribution >= 0.6 is 0 Å². The Morgan fingerprint density at radius 3 is 2.33 bits per heavy atom. The number of furan rings is 1. The number of likely N-dealkylation sites (tertiary alicyclic amines) is 2. The van der Waals surface area contributed by atoms with E-state index in [1.165, 1.54) is 23.5 Å². The molecule has 0 bridgehead atoms. The van der Waals surface area contributed by atoms with Crippen molar-refractivity contribution in [2.24, 2.45) is 5.92 Å². The topological polar surface area (TPSA) is 75.8 Å². The molecular weight excluding hydrogens is 382 g/mol. The summed E-state index contributed by atoms with van der Waals surface area (Å²) in [6.45, 7) is 3.17. The Hall–Kier alpha value is -2.83. The fraction of sp³-hybridized carbons (Fsp3) is 0.522. The van der Waals surface area contributed by atoms with Crippen LogP contribution in [0.25, 0.3) is 0 Å². The maximum absolute atomic E-state index is 12.8. The van der Waals surface area contributed by atoms with Gasteiger partial charge in [0, 0.05) is 44.4 Å². The fourth-order valence-corrected chi connectivity index (χ4v) is 4.37. The van der Waals surface area contributed by atoms with Crippen LogP contribution < -0.4 is 5.56 Å². The van der Waals surface area contributed by atoms with E-state index in [-0.39, 0.29) is 29.1 Å². The highest BCUT2D eigenvalue weighted by Crippen LogP contribution is 2.23. The molecule has 2 aliphatic rings. The van der Waals surface area contributed by atoms with Gasteiger partial charge in [0.25, 0.3) is 11.5 Å². The highest BCUT2D eigenvalue weighted by Gasteiger charge is 2.31. The van der Waals surface area contributed by atoms with Crippen molar-refractivity contribution in [1.82, 2.24) is 14.4 Å². The van der Waals surface area contributed by atoms with Gasteiger partial charge in [0.15, 0.2) is 5.76 Å². The molecule has 4 rings (SSSR count). The minimum absolute atomic E-state index is 0.0178. The average Bonchev–Trinajstić information content (AvgIpc) is 3.06. The van der Waals surface area contributed by atoms with E-state index in [0.717, 1.165) is 25.9 Å². The van der Waals surface area contributed by atoms with Crippen LogP contribution in [0.3, 0.4) is 0 Å². The van der Waals surface area contributed by atoms with Crippen LogP contribution in [0.4, 0.5) is 0 Å². The highest BCUT2D eigenvalue weighted by molar-refractivity contribution is 5.91. The van der Waals surface area contributed by atoms with Gasteiger partial charge in [0.2, 0.25) is 5.91 Å². The number of hydrogen-bond donors (Lipinski definition) is 0. The quantitative estimate of drug-likeness (QED) is 0.775. The summed E-state index contributed by atoms with van der Waals surface area (Å²) < 4.78 is 7.25. The zero-order valence-corrected chi connectivity index (χ0v) is 17.3. The Bertz CT molecular complexity index is 932. The lowest BCUT2D eigenvalue weighted by molar-refractivity contribution is -0.136. The maximum atomic E-state index is 12.8. The average molecular weight is 412 g/mol. The summed E-state index contributed by atoms with van der Waals surface area (Å²) in [5.41, 5.74) is -0.113. The molecule has 0 spiro atoms. The second-order valence-corrected chi connectivity index (χ2v) is 8.24. The first-order chi connectivity index (χ1) is 14.6. The Balaban J connectivity index is 1.32. The van der Waals surface area contributed by atoms with E-state index in [9.17, 15) is 14.4 Å². The summed E-state index contributed by atoms with van der Waals surface area (Å²) >= 11 is 0. The molecule has 2 aromatic heterocycles. The summed E-state index contributed by atoms with van der Waals surface area (Å²) in [6.07, 6.45) is 7.71. The van der Waals surface area contributed by atoms with Crippen LogP contribution in [0.5, 0.6) is 0 Å². The van der Waals surface area contributed by atoms with E-state index in [1.54, 1.807) is 35.4 Å². The lowest BCUT2D eigenvalue weighted by Crippen LogP contribution is -2.44. The van der Waals surface area contributed by atoms with E-state index in [2.05, 4.69) is 0 Å². The molecule has 4 heterocycles. The number of nitrogens with zero attached hydrogens (tertiary/aromatic N) is 3. The number of rotatable bonds is 4. The van der Waals surface area contributed by atoms with E-state index in [0.29, 0.717) is 38.2 Å². The predicted octanol–water partition coefficient (Wildman–Crippen LogP) is 2.74. The number of pyridine rings is 1. The molecule has 2 saturated heterocycles. The van der Waals surface area contributed by atoms with Gasteiger partial charge >= 0.3 is 0 Å². The van der Waals surface area contributed by atoms with Gasteiger partial charge in [-0.05, 0) is 43.9 Å². The van der Waals surface area contributed by atoms with E-state index >= 15 is 0 Å². The molecule has 2 fully saturated rings. The third-order valence-corrected chi connectivity index (χ3v) is 6.15. The highest BCUT2D eigenvalue weighted by atomic mass is 16.4.